The number of nitrogens with zero attached hydrogens (tertiary/aromatic N) is 2. The van der Waals surface area contributed by atoms with Crippen LogP contribution in [0.1, 0.15) is 82.8 Å². The number of anilines is 1. The first-order chi connectivity index (χ1) is 19.3. The largest absolute Gasteiger partial charge is 0.458 e. The van der Waals surface area contributed by atoms with E-state index < -0.39 is 29.7 Å². The number of rotatable bonds is 7. The fourth-order valence-electron chi connectivity index (χ4n) is 7.99. The Kier molecular flexibility index (Phi) is 6.03. The van der Waals surface area contributed by atoms with E-state index in [-0.39, 0.29) is 42.0 Å². The van der Waals surface area contributed by atoms with E-state index in [0.29, 0.717) is 35.0 Å². The number of piperidine rings is 1. The molecule has 4 saturated carbocycles. The molecular formula is C29H30N4O6S. The van der Waals surface area contributed by atoms with Gasteiger partial charge in [0, 0.05) is 17.5 Å². The van der Waals surface area contributed by atoms with Crippen molar-refractivity contribution in [1.82, 2.24) is 15.2 Å². The van der Waals surface area contributed by atoms with Gasteiger partial charge in [0.2, 0.25) is 11.8 Å². The van der Waals surface area contributed by atoms with Crippen LogP contribution in [0.4, 0.5) is 5.69 Å². The van der Waals surface area contributed by atoms with Gasteiger partial charge in [-0.3, -0.25) is 34.2 Å². The molecule has 0 radical (unpaired) electrons. The summed E-state index contributed by atoms with van der Waals surface area (Å²) >= 11 is 1.42. The smallest absolute Gasteiger partial charge is 0.312 e. The van der Waals surface area contributed by atoms with Crippen LogP contribution in [0.2, 0.25) is 0 Å². The van der Waals surface area contributed by atoms with Crippen molar-refractivity contribution in [3.05, 3.63) is 45.4 Å². The maximum Gasteiger partial charge on any atom is 0.312 e. The molecule has 3 heterocycles. The topological polar surface area (TPSA) is 135 Å². The van der Waals surface area contributed by atoms with E-state index in [0.717, 1.165) is 29.9 Å². The first-order valence-corrected chi connectivity index (χ1v) is 14.9. The third kappa shape index (κ3) is 4.22. The SMILES string of the molecule is O=C1CCC(N2C(=O)c3cccc(NCc4csc(COC(=O)C56CC7CC(CC(C7)C5)C6)n4)c3C2=O)C(=O)N1. The standard InChI is InChI=1S/C29H30N4O6S/c34-22-5-4-21(25(35)32-22)33-26(36)19-2-1-3-20(24(19)27(33)37)30-12-18-14-40-23(31-18)13-39-28(38)29-9-15-6-16(10-29)8-17(7-15)11-29/h1-3,14-17,21,30H,4-13H2,(H,32,34,35). The number of ether oxygens (including phenoxy) is 1. The van der Waals surface area contributed by atoms with Crippen LogP contribution in [0.25, 0.3) is 0 Å². The van der Waals surface area contributed by atoms with Gasteiger partial charge in [0.15, 0.2) is 0 Å². The Labute approximate surface area is 234 Å². The summed E-state index contributed by atoms with van der Waals surface area (Å²) in [6, 6.07) is 3.93. The highest BCUT2D eigenvalue weighted by Gasteiger charge is 2.55. The molecule has 5 fully saturated rings. The van der Waals surface area contributed by atoms with Gasteiger partial charge in [-0.15, -0.1) is 11.3 Å². The van der Waals surface area contributed by atoms with E-state index in [9.17, 15) is 24.0 Å². The lowest BCUT2D eigenvalue weighted by Gasteiger charge is -2.55. The highest BCUT2D eigenvalue weighted by atomic mass is 32.1. The lowest BCUT2D eigenvalue weighted by atomic mass is 9.49. The molecule has 8 rings (SSSR count). The molecular weight excluding hydrogens is 532 g/mol. The molecule has 40 heavy (non-hydrogen) atoms. The monoisotopic (exact) mass is 562 g/mol. The minimum atomic E-state index is -1.01. The molecule has 2 N–H and O–H groups in total. The minimum Gasteiger partial charge on any atom is -0.458 e. The average molecular weight is 563 g/mol. The van der Waals surface area contributed by atoms with E-state index in [2.05, 4.69) is 15.6 Å². The van der Waals surface area contributed by atoms with Crippen molar-refractivity contribution < 1.29 is 28.7 Å². The molecule has 10 nitrogen and oxygen atoms in total. The predicted molar refractivity (Wildman–Crippen MR) is 143 cm³/mol. The first-order valence-electron chi connectivity index (χ1n) is 14.0. The van der Waals surface area contributed by atoms with Crippen LogP contribution >= 0.6 is 11.3 Å². The van der Waals surface area contributed by atoms with Crippen molar-refractivity contribution in [2.75, 3.05) is 5.32 Å². The van der Waals surface area contributed by atoms with Crippen LogP contribution in [0.5, 0.6) is 0 Å². The molecule has 1 atom stereocenters. The molecule has 1 saturated heterocycles. The normalized spacial score (nSPS) is 30.4. The van der Waals surface area contributed by atoms with Crippen LogP contribution in [0.15, 0.2) is 23.6 Å². The zero-order chi connectivity index (χ0) is 27.6. The summed E-state index contributed by atoms with van der Waals surface area (Å²) in [4.78, 5) is 69.0. The maximum atomic E-state index is 13.3. The third-order valence-corrected chi connectivity index (χ3v) is 10.2. The number of carbonyl (C=O) groups excluding carboxylic acids is 5. The van der Waals surface area contributed by atoms with Gasteiger partial charge >= 0.3 is 5.97 Å². The average Bonchev–Trinajstić information content (AvgIpc) is 3.48. The van der Waals surface area contributed by atoms with Gasteiger partial charge in [-0.2, -0.15) is 0 Å². The Bertz CT molecular complexity index is 1410. The van der Waals surface area contributed by atoms with E-state index >= 15 is 0 Å². The Morgan fingerprint density at radius 2 is 1.80 bits per heavy atom. The number of hydrogen-bond acceptors (Lipinski definition) is 9. The molecule has 4 amide bonds. The van der Waals surface area contributed by atoms with Crippen LogP contribution in [0.3, 0.4) is 0 Å². The highest BCUT2D eigenvalue weighted by Crippen LogP contribution is 2.60. The second-order valence-corrected chi connectivity index (χ2v) is 13.0. The molecule has 1 aromatic carbocycles. The quantitative estimate of drug-likeness (QED) is 0.387. The van der Waals surface area contributed by atoms with E-state index in [4.69, 9.17) is 4.74 Å². The molecule has 4 bridgehead atoms. The fraction of sp³-hybridized carbons (Fsp3) is 0.517. The third-order valence-electron chi connectivity index (χ3n) is 9.33. The Morgan fingerprint density at radius 3 is 2.50 bits per heavy atom. The molecule has 2 aliphatic heterocycles. The summed E-state index contributed by atoms with van der Waals surface area (Å²) in [5.74, 6) is -0.199. The molecule has 2 aromatic rings. The number of fused-ring (bicyclic) bond motifs is 1. The lowest BCUT2D eigenvalue weighted by molar-refractivity contribution is -0.173. The fourth-order valence-corrected chi connectivity index (χ4v) is 8.69. The van der Waals surface area contributed by atoms with E-state index in [1.54, 1.807) is 18.2 Å². The second kappa shape index (κ2) is 9.50. The number of thiazole rings is 1. The molecule has 11 heteroatoms. The zero-order valence-electron chi connectivity index (χ0n) is 21.9. The Balaban J connectivity index is 0.990. The summed E-state index contributed by atoms with van der Waals surface area (Å²) < 4.78 is 5.81. The van der Waals surface area contributed by atoms with Gasteiger partial charge in [-0.1, -0.05) is 6.07 Å². The molecule has 4 aliphatic carbocycles. The van der Waals surface area contributed by atoms with Crippen molar-refractivity contribution in [2.24, 2.45) is 23.2 Å². The number of esters is 1. The molecule has 0 spiro atoms. The highest BCUT2D eigenvalue weighted by molar-refractivity contribution is 7.09. The predicted octanol–water partition coefficient (Wildman–Crippen LogP) is 3.42. The number of carbonyl (C=O) groups is 5. The summed E-state index contributed by atoms with van der Waals surface area (Å²) in [6.07, 6.45) is 6.89. The second-order valence-electron chi connectivity index (χ2n) is 12.0. The van der Waals surface area contributed by atoms with Crippen molar-refractivity contribution in [2.45, 2.75) is 70.6 Å². The number of amides is 4. The Morgan fingerprint density at radius 1 is 1.07 bits per heavy atom. The zero-order valence-corrected chi connectivity index (χ0v) is 22.8. The number of hydrogen-bond donors (Lipinski definition) is 2. The molecule has 1 unspecified atom stereocenters. The number of benzene rings is 1. The van der Waals surface area contributed by atoms with Crippen molar-refractivity contribution in [1.29, 1.82) is 0 Å². The van der Waals surface area contributed by atoms with Gasteiger partial charge in [0.05, 0.1) is 28.8 Å². The van der Waals surface area contributed by atoms with Crippen LogP contribution in [0, 0.1) is 23.2 Å². The van der Waals surface area contributed by atoms with Crippen molar-refractivity contribution >= 4 is 46.6 Å². The number of nitrogens with one attached hydrogen (secondary N) is 2. The van der Waals surface area contributed by atoms with Crippen LogP contribution < -0.4 is 10.6 Å². The van der Waals surface area contributed by atoms with Gasteiger partial charge in [0.1, 0.15) is 17.7 Å². The van der Waals surface area contributed by atoms with Gasteiger partial charge in [-0.25, -0.2) is 4.98 Å². The summed E-state index contributed by atoms with van der Waals surface area (Å²) in [5.41, 5.74) is 1.32. The number of aromatic nitrogens is 1. The summed E-state index contributed by atoms with van der Waals surface area (Å²) in [5, 5.41) is 8.01. The van der Waals surface area contributed by atoms with Gasteiger partial charge in [-0.05, 0) is 74.8 Å². The van der Waals surface area contributed by atoms with E-state index in [1.165, 1.54) is 30.6 Å². The Hall–Kier alpha value is -3.60. The molecule has 1 aromatic heterocycles. The van der Waals surface area contributed by atoms with Crippen LogP contribution in [-0.4, -0.2) is 45.5 Å². The van der Waals surface area contributed by atoms with Crippen molar-refractivity contribution in [3.8, 4) is 0 Å². The minimum absolute atomic E-state index is 0.0647. The maximum absolute atomic E-state index is 13.3. The molecule has 6 aliphatic rings. The lowest BCUT2D eigenvalue weighted by Crippen LogP contribution is -2.54. The van der Waals surface area contributed by atoms with E-state index in [1.807, 2.05) is 5.38 Å². The van der Waals surface area contributed by atoms with Crippen LogP contribution in [-0.2, 0) is 32.3 Å². The van der Waals surface area contributed by atoms with Gasteiger partial charge < -0.3 is 10.1 Å². The van der Waals surface area contributed by atoms with Crippen molar-refractivity contribution in [3.63, 3.8) is 0 Å². The summed E-state index contributed by atoms with van der Waals surface area (Å²) in [6.45, 7) is 0.454. The molecule has 208 valence electrons. The van der Waals surface area contributed by atoms with Gasteiger partial charge in [0.25, 0.3) is 11.8 Å². The first kappa shape index (κ1) is 25.4. The number of imide groups is 2. The summed E-state index contributed by atoms with van der Waals surface area (Å²) in [7, 11) is 0.